The first kappa shape index (κ1) is 25.7. The number of aliphatic hydroxyl groups excluding tert-OH is 2. The minimum Gasteiger partial charge on any atom is -0.481 e. The predicted octanol–water partition coefficient (Wildman–Crippen LogP) is 4.50. The maximum atomic E-state index is 13.8. The second-order valence-corrected chi connectivity index (χ2v) is 9.67. The highest BCUT2D eigenvalue weighted by molar-refractivity contribution is 5.85. The largest absolute Gasteiger partial charge is 0.481 e. The average molecular weight is 494 g/mol. The molecule has 36 heavy (non-hydrogen) atoms. The van der Waals surface area contributed by atoms with Crippen molar-refractivity contribution in [3.8, 4) is 22.4 Å². The van der Waals surface area contributed by atoms with E-state index in [2.05, 4.69) is 18.9 Å². The molecule has 0 radical (unpaired) electrons. The Morgan fingerprint density at radius 1 is 1.19 bits per heavy atom. The van der Waals surface area contributed by atoms with Gasteiger partial charge in [-0.2, -0.15) is 5.10 Å². The van der Waals surface area contributed by atoms with Gasteiger partial charge in [0, 0.05) is 30.3 Å². The lowest BCUT2D eigenvalue weighted by molar-refractivity contribution is -0.139. The first-order valence-corrected chi connectivity index (χ1v) is 12.3. The highest BCUT2D eigenvalue weighted by atomic mass is 19.1. The van der Waals surface area contributed by atoms with E-state index < -0.39 is 24.6 Å². The lowest BCUT2D eigenvalue weighted by Gasteiger charge is -2.21. The van der Waals surface area contributed by atoms with E-state index in [1.807, 2.05) is 17.9 Å². The van der Waals surface area contributed by atoms with E-state index in [-0.39, 0.29) is 18.2 Å². The number of hydrogen-bond acceptors (Lipinski definition) is 5. The van der Waals surface area contributed by atoms with Crippen LogP contribution in [0.15, 0.2) is 36.5 Å². The summed E-state index contributed by atoms with van der Waals surface area (Å²) < 4.78 is 15.7. The minimum absolute atomic E-state index is 0.0484. The number of carboxylic acid groups (broad SMARTS) is 1. The van der Waals surface area contributed by atoms with Crippen LogP contribution in [0, 0.1) is 5.82 Å². The number of aryl methyl sites for hydroxylation is 1. The van der Waals surface area contributed by atoms with E-state index in [0.717, 1.165) is 64.2 Å². The molecule has 0 aliphatic heterocycles. The molecule has 8 heteroatoms. The number of halogens is 1. The van der Waals surface area contributed by atoms with Crippen molar-refractivity contribution in [2.24, 2.45) is 7.05 Å². The Balaban J connectivity index is 1.89. The van der Waals surface area contributed by atoms with Crippen molar-refractivity contribution in [3.63, 3.8) is 0 Å². The van der Waals surface area contributed by atoms with E-state index in [4.69, 9.17) is 10.1 Å². The van der Waals surface area contributed by atoms with Crippen LogP contribution in [-0.2, 0) is 24.7 Å². The molecule has 2 aromatic heterocycles. The fourth-order valence-corrected chi connectivity index (χ4v) is 4.92. The molecule has 0 amide bonds. The number of hydrogen-bond donors (Lipinski definition) is 3. The molecule has 0 spiro atoms. The maximum Gasteiger partial charge on any atom is 0.305 e. The monoisotopic (exact) mass is 493 g/mol. The molecule has 0 saturated carbocycles. The lowest BCUT2D eigenvalue weighted by Crippen LogP contribution is -2.19. The average Bonchev–Trinajstić information content (AvgIpc) is 3.06. The third-order valence-electron chi connectivity index (χ3n) is 6.61. The zero-order chi connectivity index (χ0) is 26.0. The molecule has 3 aromatic rings. The Morgan fingerprint density at radius 2 is 1.92 bits per heavy atom. The third-order valence-corrected chi connectivity index (χ3v) is 6.61. The fourth-order valence-electron chi connectivity index (χ4n) is 4.92. The predicted molar refractivity (Wildman–Crippen MR) is 136 cm³/mol. The van der Waals surface area contributed by atoms with Crippen molar-refractivity contribution in [2.45, 2.75) is 64.1 Å². The second kappa shape index (κ2) is 10.7. The van der Waals surface area contributed by atoms with Crippen molar-refractivity contribution in [1.82, 2.24) is 14.8 Å². The van der Waals surface area contributed by atoms with E-state index in [1.54, 1.807) is 24.3 Å². The lowest BCUT2D eigenvalue weighted by atomic mass is 9.87. The summed E-state index contributed by atoms with van der Waals surface area (Å²) in [4.78, 5) is 16.0. The smallest absolute Gasteiger partial charge is 0.305 e. The Bertz CT molecular complexity index is 1280. The van der Waals surface area contributed by atoms with Gasteiger partial charge in [0.15, 0.2) is 0 Å². The number of fused-ring (bicyclic) bond motifs is 3. The van der Waals surface area contributed by atoms with Gasteiger partial charge in [-0.1, -0.05) is 38.1 Å². The van der Waals surface area contributed by atoms with Crippen LogP contribution in [-0.4, -0.2) is 48.3 Å². The number of rotatable bonds is 8. The van der Waals surface area contributed by atoms with Crippen LogP contribution in [0.2, 0.25) is 0 Å². The number of pyridine rings is 1. The molecule has 0 saturated heterocycles. The number of nitrogens with zero attached hydrogens (tertiary/aromatic N) is 3. The van der Waals surface area contributed by atoms with Gasteiger partial charge < -0.3 is 15.3 Å². The summed E-state index contributed by atoms with van der Waals surface area (Å²) in [6.07, 6.45) is 5.06. The first-order chi connectivity index (χ1) is 17.2. The number of aliphatic hydroxyl groups is 2. The third kappa shape index (κ3) is 5.39. The van der Waals surface area contributed by atoms with Crippen molar-refractivity contribution >= 4 is 12.0 Å². The molecule has 1 aromatic carbocycles. The van der Waals surface area contributed by atoms with Gasteiger partial charge in [0.1, 0.15) is 5.82 Å². The van der Waals surface area contributed by atoms with Gasteiger partial charge >= 0.3 is 5.97 Å². The van der Waals surface area contributed by atoms with Gasteiger partial charge in [0.2, 0.25) is 0 Å². The highest BCUT2D eigenvalue weighted by Gasteiger charge is 2.27. The van der Waals surface area contributed by atoms with Crippen LogP contribution in [0.5, 0.6) is 0 Å². The van der Waals surface area contributed by atoms with Crippen LogP contribution in [0.3, 0.4) is 0 Å². The summed E-state index contributed by atoms with van der Waals surface area (Å²) >= 11 is 0. The molecule has 0 fully saturated rings. The standard InChI is InChI=1S/C28H32FN3O4/c1-16(2)27-22(12-11-19(33)13-20(34)14-25(35)36)26(17-7-9-18(29)10-8-17)21-5-4-6-24-23(28(21)31-27)15-30-32(24)3/h7-12,15-16,19-20,33-34H,4-6,13-14H2,1-3H3,(H,35,36)/t19-,20-/m1/s1. The Kier molecular flexibility index (Phi) is 7.66. The minimum atomic E-state index is -1.16. The van der Waals surface area contributed by atoms with Crippen molar-refractivity contribution in [2.75, 3.05) is 0 Å². The zero-order valence-corrected chi connectivity index (χ0v) is 20.8. The quantitative estimate of drug-likeness (QED) is 0.426. The molecule has 0 bridgehead atoms. The van der Waals surface area contributed by atoms with Crippen LogP contribution in [0.1, 0.15) is 61.5 Å². The Morgan fingerprint density at radius 3 is 2.58 bits per heavy atom. The molecule has 2 atom stereocenters. The fraction of sp³-hybridized carbons (Fsp3) is 0.393. The molecule has 3 N–H and O–H groups in total. The number of carboxylic acids is 1. The topological polar surface area (TPSA) is 108 Å². The maximum absolute atomic E-state index is 13.8. The highest BCUT2D eigenvalue weighted by Crippen LogP contribution is 2.41. The zero-order valence-electron chi connectivity index (χ0n) is 20.8. The Labute approximate surface area is 209 Å². The molecule has 0 unspecified atom stereocenters. The number of aromatic nitrogens is 3. The van der Waals surface area contributed by atoms with Gasteiger partial charge in [-0.3, -0.25) is 14.5 Å². The normalized spacial score (nSPS) is 15.0. The summed E-state index contributed by atoms with van der Waals surface area (Å²) in [7, 11) is 1.94. The molecule has 1 aliphatic rings. The van der Waals surface area contributed by atoms with Crippen LogP contribution >= 0.6 is 0 Å². The molecular weight excluding hydrogens is 461 g/mol. The number of carbonyl (C=O) groups is 1. The summed E-state index contributed by atoms with van der Waals surface area (Å²) in [5, 5.41) is 33.8. The van der Waals surface area contributed by atoms with Gasteiger partial charge in [-0.25, -0.2) is 4.39 Å². The van der Waals surface area contributed by atoms with Crippen molar-refractivity contribution in [1.29, 1.82) is 0 Å². The number of aliphatic carboxylic acids is 1. The van der Waals surface area contributed by atoms with Crippen LogP contribution in [0.25, 0.3) is 28.5 Å². The SMILES string of the molecule is CC(C)c1nc2c(c(-c3ccc(F)cc3)c1C=C[C@@H](O)C[C@@H](O)CC(=O)O)CCCc1c-2cnn1C. The molecule has 4 rings (SSSR count). The molecule has 190 valence electrons. The van der Waals surface area contributed by atoms with Gasteiger partial charge in [-0.05, 0) is 54.0 Å². The molecular formula is C28H32FN3O4. The molecule has 7 nitrogen and oxygen atoms in total. The van der Waals surface area contributed by atoms with Crippen LogP contribution < -0.4 is 0 Å². The van der Waals surface area contributed by atoms with Gasteiger partial charge in [0.05, 0.1) is 36.2 Å². The summed E-state index contributed by atoms with van der Waals surface area (Å²) in [5.41, 5.74) is 7.52. The van der Waals surface area contributed by atoms with Crippen molar-refractivity contribution in [3.05, 3.63) is 64.9 Å². The summed E-state index contributed by atoms with van der Waals surface area (Å²) in [6.45, 7) is 4.10. The van der Waals surface area contributed by atoms with Crippen molar-refractivity contribution < 1.29 is 24.5 Å². The van der Waals surface area contributed by atoms with E-state index in [1.165, 1.54) is 12.1 Å². The molecule has 1 aliphatic carbocycles. The van der Waals surface area contributed by atoms with Gasteiger partial charge in [0.25, 0.3) is 0 Å². The van der Waals surface area contributed by atoms with E-state index in [0.29, 0.717) is 0 Å². The first-order valence-electron chi connectivity index (χ1n) is 12.3. The number of benzene rings is 1. The second-order valence-electron chi connectivity index (χ2n) is 9.67. The van der Waals surface area contributed by atoms with Crippen LogP contribution in [0.4, 0.5) is 4.39 Å². The summed E-state index contributed by atoms with van der Waals surface area (Å²) in [5.74, 6) is -1.39. The van der Waals surface area contributed by atoms with E-state index in [9.17, 15) is 19.4 Å². The Hall–Kier alpha value is -3.36. The molecule has 2 heterocycles. The van der Waals surface area contributed by atoms with E-state index >= 15 is 0 Å². The summed E-state index contributed by atoms with van der Waals surface area (Å²) in [6, 6.07) is 6.39. The van der Waals surface area contributed by atoms with Gasteiger partial charge in [-0.15, -0.1) is 0 Å².